The molecule has 0 spiro atoms. The number of hydrogen-bond donors (Lipinski definition) is 2. The number of rotatable bonds is 5. The first-order chi connectivity index (χ1) is 12.5. The zero-order chi connectivity index (χ0) is 18.7. The van der Waals surface area contributed by atoms with Gasteiger partial charge in [0.15, 0.2) is 0 Å². The SMILES string of the molecule is CC(=O)N1CCc2cc(C(=O)NCCc3ccc(C(=O)O)cc3)ccc21. The minimum absolute atomic E-state index is 0.00914. The maximum atomic E-state index is 12.3. The summed E-state index contributed by atoms with van der Waals surface area (Å²) in [6.07, 6.45) is 1.38. The Hall–Kier alpha value is -3.15. The summed E-state index contributed by atoms with van der Waals surface area (Å²) >= 11 is 0. The van der Waals surface area contributed by atoms with Gasteiger partial charge in [0.05, 0.1) is 5.56 Å². The van der Waals surface area contributed by atoms with Crippen LogP contribution in [-0.4, -0.2) is 36.0 Å². The maximum absolute atomic E-state index is 12.3. The summed E-state index contributed by atoms with van der Waals surface area (Å²) in [5, 5.41) is 11.8. The predicted molar refractivity (Wildman–Crippen MR) is 97.6 cm³/mol. The number of anilines is 1. The Morgan fingerprint density at radius 1 is 1.08 bits per heavy atom. The van der Waals surface area contributed by atoms with Crippen molar-refractivity contribution < 1.29 is 19.5 Å². The van der Waals surface area contributed by atoms with E-state index in [1.807, 2.05) is 12.1 Å². The number of fused-ring (bicyclic) bond motifs is 1. The van der Waals surface area contributed by atoms with Gasteiger partial charge in [-0.05, 0) is 54.3 Å². The summed E-state index contributed by atoms with van der Waals surface area (Å²) < 4.78 is 0. The molecule has 1 aliphatic heterocycles. The zero-order valence-corrected chi connectivity index (χ0v) is 14.5. The lowest BCUT2D eigenvalue weighted by Gasteiger charge is -2.14. The Balaban J connectivity index is 1.57. The van der Waals surface area contributed by atoms with E-state index in [1.54, 1.807) is 42.2 Å². The van der Waals surface area contributed by atoms with Crippen molar-refractivity contribution in [2.75, 3.05) is 18.0 Å². The molecule has 134 valence electrons. The van der Waals surface area contributed by atoms with Crippen LogP contribution in [0.1, 0.15) is 38.8 Å². The smallest absolute Gasteiger partial charge is 0.335 e. The van der Waals surface area contributed by atoms with Gasteiger partial charge in [-0.1, -0.05) is 12.1 Å². The number of aromatic carboxylic acids is 1. The second-order valence-electron chi connectivity index (χ2n) is 6.27. The van der Waals surface area contributed by atoms with E-state index < -0.39 is 5.97 Å². The monoisotopic (exact) mass is 352 g/mol. The molecular formula is C20H20N2O4. The molecular weight excluding hydrogens is 332 g/mol. The number of nitrogens with zero attached hydrogens (tertiary/aromatic N) is 1. The summed E-state index contributed by atoms with van der Waals surface area (Å²) in [5.74, 6) is -1.10. The number of benzene rings is 2. The zero-order valence-electron chi connectivity index (χ0n) is 14.5. The molecule has 6 heteroatoms. The first-order valence-corrected chi connectivity index (χ1v) is 8.47. The number of carboxylic acids is 1. The molecule has 0 radical (unpaired) electrons. The second kappa shape index (κ2) is 7.39. The number of amides is 2. The summed E-state index contributed by atoms with van der Waals surface area (Å²) in [7, 11) is 0. The molecule has 0 atom stereocenters. The Morgan fingerprint density at radius 3 is 2.42 bits per heavy atom. The molecule has 0 saturated heterocycles. The van der Waals surface area contributed by atoms with Gasteiger partial charge in [0, 0.05) is 31.3 Å². The third-order valence-electron chi connectivity index (χ3n) is 4.52. The van der Waals surface area contributed by atoms with E-state index in [-0.39, 0.29) is 17.4 Å². The number of nitrogens with one attached hydrogen (secondary N) is 1. The van der Waals surface area contributed by atoms with Gasteiger partial charge in [-0.15, -0.1) is 0 Å². The van der Waals surface area contributed by atoms with E-state index in [4.69, 9.17) is 5.11 Å². The normalized spacial score (nSPS) is 12.6. The molecule has 0 saturated carbocycles. The third-order valence-corrected chi connectivity index (χ3v) is 4.52. The number of carbonyl (C=O) groups excluding carboxylic acids is 2. The number of hydrogen-bond acceptors (Lipinski definition) is 3. The van der Waals surface area contributed by atoms with Crippen LogP contribution in [0.15, 0.2) is 42.5 Å². The van der Waals surface area contributed by atoms with E-state index in [2.05, 4.69) is 5.32 Å². The van der Waals surface area contributed by atoms with Crippen LogP contribution in [0.4, 0.5) is 5.69 Å². The van der Waals surface area contributed by atoms with E-state index in [0.717, 1.165) is 23.2 Å². The van der Waals surface area contributed by atoms with Crippen LogP contribution in [0.3, 0.4) is 0 Å². The molecule has 0 unspecified atom stereocenters. The van der Waals surface area contributed by atoms with Crippen LogP contribution >= 0.6 is 0 Å². The van der Waals surface area contributed by atoms with Gasteiger partial charge in [0.25, 0.3) is 5.91 Å². The van der Waals surface area contributed by atoms with Crippen molar-refractivity contribution in [1.82, 2.24) is 5.32 Å². The molecule has 1 heterocycles. The topological polar surface area (TPSA) is 86.7 Å². The van der Waals surface area contributed by atoms with Gasteiger partial charge in [0.1, 0.15) is 0 Å². The Labute approximate surface area is 151 Å². The van der Waals surface area contributed by atoms with E-state index in [9.17, 15) is 14.4 Å². The van der Waals surface area contributed by atoms with Crippen LogP contribution in [0.2, 0.25) is 0 Å². The van der Waals surface area contributed by atoms with Gasteiger partial charge < -0.3 is 15.3 Å². The highest BCUT2D eigenvalue weighted by molar-refractivity contribution is 5.97. The lowest BCUT2D eigenvalue weighted by atomic mass is 10.1. The average molecular weight is 352 g/mol. The van der Waals surface area contributed by atoms with Crippen LogP contribution in [0.5, 0.6) is 0 Å². The summed E-state index contributed by atoms with van der Waals surface area (Å²) in [4.78, 5) is 36.5. The van der Waals surface area contributed by atoms with Gasteiger partial charge in [0.2, 0.25) is 5.91 Å². The molecule has 3 rings (SSSR count). The molecule has 1 aliphatic rings. The molecule has 6 nitrogen and oxygen atoms in total. The molecule has 0 aliphatic carbocycles. The van der Waals surface area contributed by atoms with Gasteiger partial charge >= 0.3 is 5.97 Å². The molecule has 2 amide bonds. The van der Waals surface area contributed by atoms with Crippen LogP contribution in [0.25, 0.3) is 0 Å². The predicted octanol–water partition coefficient (Wildman–Crippen LogP) is 2.27. The fourth-order valence-corrected chi connectivity index (χ4v) is 3.11. The van der Waals surface area contributed by atoms with E-state index in [1.165, 1.54) is 0 Å². The highest BCUT2D eigenvalue weighted by Gasteiger charge is 2.23. The molecule has 26 heavy (non-hydrogen) atoms. The lowest BCUT2D eigenvalue weighted by molar-refractivity contribution is -0.116. The Morgan fingerprint density at radius 2 is 1.77 bits per heavy atom. The van der Waals surface area contributed by atoms with Crippen LogP contribution in [-0.2, 0) is 17.6 Å². The maximum Gasteiger partial charge on any atom is 0.335 e. The minimum Gasteiger partial charge on any atom is -0.478 e. The lowest BCUT2D eigenvalue weighted by Crippen LogP contribution is -2.26. The highest BCUT2D eigenvalue weighted by Crippen LogP contribution is 2.28. The molecule has 2 aromatic rings. The molecule has 2 N–H and O–H groups in total. The number of carboxylic acid groups (broad SMARTS) is 1. The minimum atomic E-state index is -0.954. The summed E-state index contributed by atoms with van der Waals surface area (Å²) in [6.45, 7) is 2.66. The highest BCUT2D eigenvalue weighted by atomic mass is 16.4. The van der Waals surface area contributed by atoms with Crippen molar-refractivity contribution in [1.29, 1.82) is 0 Å². The standard InChI is InChI=1S/C20H20N2O4/c1-13(23)22-11-9-16-12-17(6-7-18(16)22)19(24)21-10-8-14-2-4-15(5-3-14)20(25)26/h2-7,12H,8-11H2,1H3,(H,21,24)(H,25,26). The largest absolute Gasteiger partial charge is 0.478 e. The Bertz CT molecular complexity index is 859. The van der Waals surface area contributed by atoms with Crippen molar-refractivity contribution in [3.05, 3.63) is 64.7 Å². The van der Waals surface area contributed by atoms with E-state index >= 15 is 0 Å². The first-order valence-electron chi connectivity index (χ1n) is 8.47. The summed E-state index contributed by atoms with van der Waals surface area (Å²) in [5.41, 5.74) is 3.68. The molecule has 2 aromatic carbocycles. The second-order valence-corrected chi connectivity index (χ2v) is 6.27. The van der Waals surface area contributed by atoms with Gasteiger partial charge in [-0.25, -0.2) is 4.79 Å². The summed E-state index contributed by atoms with van der Waals surface area (Å²) in [6, 6.07) is 12.0. The van der Waals surface area contributed by atoms with Crippen molar-refractivity contribution in [3.8, 4) is 0 Å². The first kappa shape index (κ1) is 17.7. The number of carbonyl (C=O) groups is 3. The van der Waals surface area contributed by atoms with Crippen molar-refractivity contribution in [3.63, 3.8) is 0 Å². The van der Waals surface area contributed by atoms with Gasteiger partial charge in [-0.3, -0.25) is 9.59 Å². The Kier molecular flexibility index (Phi) is 5.02. The third kappa shape index (κ3) is 3.74. The van der Waals surface area contributed by atoms with Crippen molar-refractivity contribution in [2.45, 2.75) is 19.8 Å². The fraction of sp³-hybridized carbons (Fsp3) is 0.250. The van der Waals surface area contributed by atoms with Crippen LogP contribution < -0.4 is 10.2 Å². The van der Waals surface area contributed by atoms with Crippen LogP contribution in [0, 0.1) is 0 Å². The molecule has 0 fully saturated rings. The van der Waals surface area contributed by atoms with Gasteiger partial charge in [-0.2, -0.15) is 0 Å². The average Bonchev–Trinajstić information content (AvgIpc) is 3.05. The molecule has 0 bridgehead atoms. The van der Waals surface area contributed by atoms with E-state index in [0.29, 0.717) is 25.1 Å². The van der Waals surface area contributed by atoms with Crippen molar-refractivity contribution >= 4 is 23.5 Å². The van der Waals surface area contributed by atoms with Crippen molar-refractivity contribution in [2.24, 2.45) is 0 Å². The fourth-order valence-electron chi connectivity index (χ4n) is 3.11. The quantitative estimate of drug-likeness (QED) is 0.864. The molecule has 0 aromatic heterocycles.